The SMILES string of the molecule is O=C(O)c1cc(C(=O)C2COc3ccccc3O2)c[nH]1. The van der Waals surface area contributed by atoms with E-state index in [1.165, 1.54) is 12.3 Å². The number of nitrogens with one attached hydrogen (secondary N) is 1. The highest BCUT2D eigenvalue weighted by Gasteiger charge is 2.29. The number of benzene rings is 1. The lowest BCUT2D eigenvalue weighted by Gasteiger charge is -2.25. The quantitative estimate of drug-likeness (QED) is 0.831. The van der Waals surface area contributed by atoms with Crippen molar-refractivity contribution in [2.24, 2.45) is 0 Å². The van der Waals surface area contributed by atoms with Crippen molar-refractivity contribution in [2.45, 2.75) is 6.10 Å². The molecule has 1 aromatic heterocycles. The van der Waals surface area contributed by atoms with Crippen LogP contribution in [0.3, 0.4) is 0 Å². The van der Waals surface area contributed by atoms with Gasteiger partial charge in [0.2, 0.25) is 5.78 Å². The Kier molecular flexibility index (Phi) is 2.90. The molecule has 2 heterocycles. The number of aromatic nitrogens is 1. The lowest BCUT2D eigenvalue weighted by molar-refractivity contribution is 0.0586. The number of fused-ring (bicyclic) bond motifs is 1. The maximum atomic E-state index is 12.2. The fraction of sp³-hybridized carbons (Fsp3) is 0.143. The number of ether oxygens (including phenoxy) is 2. The topological polar surface area (TPSA) is 88.6 Å². The molecule has 0 aliphatic carbocycles. The normalized spacial score (nSPS) is 16.7. The smallest absolute Gasteiger partial charge is 0.352 e. The molecule has 1 aromatic carbocycles. The van der Waals surface area contributed by atoms with Gasteiger partial charge in [-0.3, -0.25) is 4.79 Å². The lowest BCUT2D eigenvalue weighted by Crippen LogP contribution is -2.36. The molecule has 0 amide bonds. The van der Waals surface area contributed by atoms with E-state index in [-0.39, 0.29) is 23.6 Å². The molecular weight excluding hydrogens is 262 g/mol. The number of carboxylic acid groups (broad SMARTS) is 1. The van der Waals surface area contributed by atoms with Crippen LogP contribution in [0.2, 0.25) is 0 Å². The number of aromatic amines is 1. The average Bonchev–Trinajstić information content (AvgIpc) is 2.96. The van der Waals surface area contributed by atoms with Crippen LogP contribution in [0.5, 0.6) is 11.5 Å². The average molecular weight is 273 g/mol. The van der Waals surface area contributed by atoms with Crippen LogP contribution in [0, 0.1) is 0 Å². The van der Waals surface area contributed by atoms with E-state index in [0.29, 0.717) is 11.5 Å². The third-order valence-corrected chi connectivity index (χ3v) is 3.00. The molecule has 102 valence electrons. The first kappa shape index (κ1) is 12.3. The number of Topliss-reactive ketones (excluding diaryl/α,β-unsaturated/α-hetero) is 1. The van der Waals surface area contributed by atoms with Crippen molar-refractivity contribution in [3.05, 3.63) is 47.8 Å². The molecule has 0 radical (unpaired) electrons. The highest BCUT2D eigenvalue weighted by Crippen LogP contribution is 2.31. The molecule has 0 fully saturated rings. The van der Waals surface area contributed by atoms with Gasteiger partial charge in [0.15, 0.2) is 17.6 Å². The summed E-state index contributed by atoms with van der Waals surface area (Å²) in [6.07, 6.45) is 0.581. The summed E-state index contributed by atoms with van der Waals surface area (Å²) in [5.41, 5.74) is 0.223. The van der Waals surface area contributed by atoms with Crippen LogP contribution in [0.15, 0.2) is 36.5 Å². The first-order chi connectivity index (χ1) is 9.65. The Morgan fingerprint density at radius 1 is 1.25 bits per heavy atom. The Hall–Kier alpha value is -2.76. The molecular formula is C14H11NO5. The monoisotopic (exact) mass is 273 g/mol. The van der Waals surface area contributed by atoms with Crippen LogP contribution in [-0.4, -0.2) is 34.6 Å². The van der Waals surface area contributed by atoms with E-state index in [1.54, 1.807) is 18.2 Å². The van der Waals surface area contributed by atoms with E-state index in [9.17, 15) is 9.59 Å². The van der Waals surface area contributed by atoms with Gasteiger partial charge in [0.25, 0.3) is 0 Å². The number of rotatable bonds is 3. The highest BCUT2D eigenvalue weighted by molar-refractivity contribution is 6.01. The highest BCUT2D eigenvalue weighted by atomic mass is 16.6. The summed E-state index contributed by atoms with van der Waals surface area (Å²) in [6.45, 7) is 0.101. The van der Waals surface area contributed by atoms with E-state index in [1.807, 2.05) is 6.07 Å². The summed E-state index contributed by atoms with van der Waals surface area (Å²) >= 11 is 0. The fourth-order valence-corrected chi connectivity index (χ4v) is 1.99. The van der Waals surface area contributed by atoms with Crippen molar-refractivity contribution in [3.63, 3.8) is 0 Å². The van der Waals surface area contributed by atoms with Crippen molar-refractivity contribution < 1.29 is 24.2 Å². The number of carbonyl (C=O) groups excluding carboxylic acids is 1. The molecule has 1 aliphatic heterocycles. The van der Waals surface area contributed by atoms with Gasteiger partial charge in [0, 0.05) is 11.8 Å². The van der Waals surface area contributed by atoms with Crippen molar-refractivity contribution in [3.8, 4) is 11.5 Å². The first-order valence-corrected chi connectivity index (χ1v) is 5.99. The van der Waals surface area contributed by atoms with Crippen molar-refractivity contribution >= 4 is 11.8 Å². The maximum Gasteiger partial charge on any atom is 0.352 e. The van der Waals surface area contributed by atoms with Crippen LogP contribution >= 0.6 is 0 Å². The van der Waals surface area contributed by atoms with Gasteiger partial charge in [0.05, 0.1) is 0 Å². The second-order valence-electron chi connectivity index (χ2n) is 4.34. The summed E-state index contributed by atoms with van der Waals surface area (Å²) in [7, 11) is 0. The van der Waals surface area contributed by atoms with Crippen LogP contribution in [-0.2, 0) is 0 Å². The van der Waals surface area contributed by atoms with Crippen LogP contribution in [0.25, 0.3) is 0 Å². The zero-order valence-corrected chi connectivity index (χ0v) is 10.3. The minimum Gasteiger partial charge on any atom is -0.485 e. The molecule has 1 aliphatic rings. The van der Waals surface area contributed by atoms with Gasteiger partial charge in [-0.05, 0) is 18.2 Å². The van der Waals surface area contributed by atoms with Gasteiger partial charge in [-0.1, -0.05) is 12.1 Å². The molecule has 1 atom stereocenters. The van der Waals surface area contributed by atoms with Gasteiger partial charge in [0.1, 0.15) is 12.3 Å². The Morgan fingerprint density at radius 2 is 2.00 bits per heavy atom. The molecule has 0 saturated carbocycles. The number of hydrogen-bond acceptors (Lipinski definition) is 4. The number of H-pyrrole nitrogens is 1. The largest absolute Gasteiger partial charge is 0.485 e. The number of aromatic carboxylic acids is 1. The molecule has 2 N–H and O–H groups in total. The van der Waals surface area contributed by atoms with E-state index in [0.717, 1.165) is 0 Å². The molecule has 0 bridgehead atoms. The summed E-state index contributed by atoms with van der Waals surface area (Å²) in [5.74, 6) is -0.332. The van der Waals surface area contributed by atoms with Crippen LogP contribution in [0.4, 0.5) is 0 Å². The van der Waals surface area contributed by atoms with E-state index < -0.39 is 12.1 Å². The van der Waals surface area contributed by atoms with Gasteiger partial charge < -0.3 is 19.6 Å². The number of carboxylic acids is 1. The van der Waals surface area contributed by atoms with E-state index in [4.69, 9.17) is 14.6 Å². The molecule has 0 spiro atoms. The number of para-hydroxylation sites is 2. The van der Waals surface area contributed by atoms with Crippen molar-refractivity contribution in [1.82, 2.24) is 4.98 Å². The third-order valence-electron chi connectivity index (χ3n) is 3.00. The van der Waals surface area contributed by atoms with Gasteiger partial charge in [-0.2, -0.15) is 0 Å². The summed E-state index contributed by atoms with van der Waals surface area (Å²) < 4.78 is 11.0. The predicted octanol–water partition coefficient (Wildman–Crippen LogP) is 1.74. The zero-order chi connectivity index (χ0) is 14.1. The third kappa shape index (κ3) is 2.11. The minimum atomic E-state index is -1.12. The van der Waals surface area contributed by atoms with E-state index >= 15 is 0 Å². The van der Waals surface area contributed by atoms with E-state index in [2.05, 4.69) is 4.98 Å². The summed E-state index contributed by atoms with van der Waals surface area (Å²) in [6, 6.07) is 8.36. The Labute approximate surface area is 113 Å². The van der Waals surface area contributed by atoms with Crippen molar-refractivity contribution in [2.75, 3.05) is 6.61 Å². The zero-order valence-electron chi connectivity index (χ0n) is 10.3. The lowest BCUT2D eigenvalue weighted by atomic mass is 10.1. The van der Waals surface area contributed by atoms with Gasteiger partial charge >= 0.3 is 5.97 Å². The molecule has 1 unspecified atom stereocenters. The summed E-state index contributed by atoms with van der Waals surface area (Å²) in [5, 5.41) is 8.82. The second-order valence-corrected chi connectivity index (χ2v) is 4.34. The number of hydrogen-bond donors (Lipinski definition) is 2. The number of ketones is 1. The van der Waals surface area contributed by atoms with Gasteiger partial charge in [-0.15, -0.1) is 0 Å². The molecule has 0 saturated heterocycles. The molecule has 20 heavy (non-hydrogen) atoms. The standard InChI is InChI=1S/C14H11NO5/c16-13(8-5-9(14(17)18)15-6-8)12-7-19-10-3-1-2-4-11(10)20-12/h1-6,12,15H,7H2,(H,17,18). The van der Waals surface area contributed by atoms with Gasteiger partial charge in [-0.25, -0.2) is 4.79 Å². The summed E-state index contributed by atoms with van der Waals surface area (Å²) in [4.78, 5) is 25.5. The maximum absolute atomic E-state index is 12.2. The Balaban J connectivity index is 1.80. The first-order valence-electron chi connectivity index (χ1n) is 5.99. The van der Waals surface area contributed by atoms with Crippen molar-refractivity contribution in [1.29, 1.82) is 0 Å². The molecule has 6 heteroatoms. The molecule has 3 rings (SSSR count). The predicted molar refractivity (Wildman–Crippen MR) is 68.4 cm³/mol. The molecule has 2 aromatic rings. The second kappa shape index (κ2) is 4.73. The fourth-order valence-electron chi connectivity index (χ4n) is 1.99. The van der Waals surface area contributed by atoms with Crippen LogP contribution < -0.4 is 9.47 Å². The van der Waals surface area contributed by atoms with Crippen LogP contribution in [0.1, 0.15) is 20.8 Å². The minimum absolute atomic E-state index is 0.0366. The Morgan fingerprint density at radius 3 is 2.70 bits per heavy atom. The Bertz CT molecular complexity index is 676. The molecule has 6 nitrogen and oxygen atoms in total. The number of carbonyl (C=O) groups is 2.